The number of rotatable bonds is 5. The van der Waals surface area contributed by atoms with Crippen LogP contribution in [0.4, 0.5) is 20.6 Å². The molecule has 1 heterocycles. The molecule has 2 aromatic rings. The second-order valence-corrected chi connectivity index (χ2v) is 6.91. The van der Waals surface area contributed by atoms with Gasteiger partial charge in [-0.05, 0) is 42.8 Å². The molecule has 1 fully saturated rings. The van der Waals surface area contributed by atoms with E-state index < -0.39 is 17.9 Å². The number of hydrogen-bond donors (Lipinski definition) is 2. The van der Waals surface area contributed by atoms with Crippen LogP contribution in [0.3, 0.4) is 0 Å². The number of benzene rings is 2. The molecule has 0 aromatic heterocycles. The third-order valence-electron chi connectivity index (χ3n) is 4.58. The molecule has 1 aliphatic rings. The average Bonchev–Trinajstić information content (AvgIpc) is 2.68. The molecule has 0 bridgehead atoms. The van der Waals surface area contributed by atoms with Crippen LogP contribution in [0.5, 0.6) is 5.75 Å². The fourth-order valence-electron chi connectivity index (χ4n) is 3.08. The maximum Gasteiger partial charge on any atom is 0.319 e. The Kier molecular flexibility index (Phi) is 6.59. The molecule has 0 saturated carbocycles. The molecule has 0 aliphatic carbocycles. The number of anilines is 2. The molecule has 1 atom stereocenters. The Morgan fingerprint density at radius 1 is 1.25 bits per heavy atom. The van der Waals surface area contributed by atoms with Gasteiger partial charge in [0.25, 0.3) is 0 Å². The van der Waals surface area contributed by atoms with E-state index in [-0.39, 0.29) is 5.75 Å². The number of halogens is 2. The van der Waals surface area contributed by atoms with Crippen LogP contribution >= 0.6 is 11.6 Å². The van der Waals surface area contributed by atoms with Gasteiger partial charge >= 0.3 is 6.03 Å². The summed E-state index contributed by atoms with van der Waals surface area (Å²) in [5.41, 5.74) is 2.12. The minimum absolute atomic E-state index is 0.162. The van der Waals surface area contributed by atoms with Crippen molar-refractivity contribution >= 4 is 29.0 Å². The molecular weight excluding hydrogens is 385 g/mol. The molecule has 28 heavy (non-hydrogen) atoms. The van der Waals surface area contributed by atoms with Gasteiger partial charge in [-0.1, -0.05) is 17.7 Å². The van der Waals surface area contributed by atoms with Gasteiger partial charge in [0.15, 0.2) is 11.6 Å². The lowest BCUT2D eigenvalue weighted by Gasteiger charge is -2.30. The Hall–Kier alpha value is -2.51. The van der Waals surface area contributed by atoms with E-state index in [1.54, 1.807) is 25.1 Å². The minimum atomic E-state index is -0.474. The Labute approximate surface area is 168 Å². The molecule has 2 amide bonds. The van der Waals surface area contributed by atoms with Gasteiger partial charge in [0.2, 0.25) is 0 Å². The second-order valence-electron chi connectivity index (χ2n) is 6.48. The number of nitrogens with one attached hydrogen (secondary N) is 2. The van der Waals surface area contributed by atoms with E-state index in [9.17, 15) is 9.18 Å². The molecule has 0 unspecified atom stereocenters. The summed E-state index contributed by atoms with van der Waals surface area (Å²) in [6, 6.07) is 9.18. The fourth-order valence-corrected chi connectivity index (χ4v) is 3.25. The summed E-state index contributed by atoms with van der Waals surface area (Å²) in [4.78, 5) is 14.7. The normalized spacial score (nSPS) is 15.1. The van der Waals surface area contributed by atoms with Crippen molar-refractivity contribution in [1.82, 2.24) is 5.32 Å². The highest BCUT2D eigenvalue weighted by molar-refractivity contribution is 6.31. The van der Waals surface area contributed by atoms with Crippen LogP contribution in [0, 0.1) is 5.82 Å². The van der Waals surface area contributed by atoms with Crippen LogP contribution < -0.4 is 20.3 Å². The lowest BCUT2D eigenvalue weighted by molar-refractivity contribution is 0.123. The van der Waals surface area contributed by atoms with Crippen LogP contribution in [-0.4, -0.2) is 39.4 Å². The predicted molar refractivity (Wildman–Crippen MR) is 108 cm³/mol. The van der Waals surface area contributed by atoms with Crippen molar-refractivity contribution in [2.45, 2.75) is 13.0 Å². The molecule has 6 nitrogen and oxygen atoms in total. The molecule has 2 aromatic carbocycles. The first kappa shape index (κ1) is 20.2. The fraction of sp³-hybridized carbons (Fsp3) is 0.350. The monoisotopic (exact) mass is 407 g/mol. The number of hydrogen-bond acceptors (Lipinski definition) is 4. The predicted octanol–water partition coefficient (Wildman–Crippen LogP) is 4.21. The molecule has 2 N–H and O–H groups in total. The summed E-state index contributed by atoms with van der Waals surface area (Å²) >= 11 is 6.12. The number of nitrogens with zero attached hydrogens (tertiary/aromatic N) is 1. The zero-order valence-corrected chi connectivity index (χ0v) is 16.6. The Morgan fingerprint density at radius 3 is 2.68 bits per heavy atom. The summed E-state index contributed by atoms with van der Waals surface area (Å²) in [7, 11) is 1.41. The first-order chi connectivity index (χ1) is 13.5. The molecule has 8 heteroatoms. The van der Waals surface area contributed by atoms with Crippen molar-refractivity contribution in [3.63, 3.8) is 0 Å². The average molecular weight is 408 g/mol. The van der Waals surface area contributed by atoms with E-state index in [0.717, 1.165) is 18.8 Å². The Balaban J connectivity index is 1.70. The van der Waals surface area contributed by atoms with Gasteiger partial charge in [0.05, 0.1) is 37.7 Å². The number of ether oxygens (including phenoxy) is 2. The van der Waals surface area contributed by atoms with Crippen molar-refractivity contribution in [1.29, 1.82) is 0 Å². The quantitative estimate of drug-likeness (QED) is 0.779. The van der Waals surface area contributed by atoms with E-state index in [1.165, 1.54) is 19.2 Å². The van der Waals surface area contributed by atoms with Gasteiger partial charge < -0.3 is 25.0 Å². The number of morpholine rings is 1. The molecule has 0 radical (unpaired) electrons. The van der Waals surface area contributed by atoms with Crippen molar-refractivity contribution < 1.29 is 18.7 Å². The van der Waals surface area contributed by atoms with Crippen molar-refractivity contribution in [3.05, 3.63) is 52.8 Å². The Morgan fingerprint density at radius 2 is 2.00 bits per heavy atom. The van der Waals surface area contributed by atoms with Crippen LogP contribution in [0.2, 0.25) is 5.02 Å². The van der Waals surface area contributed by atoms with Gasteiger partial charge in [-0.3, -0.25) is 0 Å². The zero-order chi connectivity index (χ0) is 20.1. The summed E-state index contributed by atoms with van der Waals surface area (Å²) in [6.07, 6.45) is 0. The van der Waals surface area contributed by atoms with Crippen molar-refractivity contribution in [2.24, 2.45) is 0 Å². The van der Waals surface area contributed by atoms with Crippen molar-refractivity contribution in [3.8, 4) is 5.75 Å². The number of carbonyl (C=O) groups excluding carboxylic acids is 1. The molecule has 0 spiro atoms. The zero-order valence-electron chi connectivity index (χ0n) is 15.8. The molecule has 1 saturated heterocycles. The molecule has 3 rings (SSSR count). The standard InChI is InChI=1S/C20H23ClFN3O3/c1-13(14-3-6-19(27-2)16(22)11-14)23-20(26)24-17-12-15(21)4-5-18(17)25-7-9-28-10-8-25/h3-6,11-13H,7-10H2,1-2H3,(H2,23,24,26)/t13-/m0/s1. The SMILES string of the molecule is COc1ccc([C@H](C)NC(=O)Nc2cc(Cl)ccc2N2CCOCC2)cc1F. The lowest BCUT2D eigenvalue weighted by atomic mass is 10.1. The first-order valence-corrected chi connectivity index (χ1v) is 9.39. The first-order valence-electron chi connectivity index (χ1n) is 9.01. The number of methoxy groups -OCH3 is 1. The second kappa shape index (κ2) is 9.12. The summed E-state index contributed by atoms with van der Waals surface area (Å²) in [5, 5.41) is 6.19. The summed E-state index contributed by atoms with van der Waals surface area (Å²) < 4.78 is 24.2. The largest absolute Gasteiger partial charge is 0.494 e. The Bertz CT molecular complexity index is 843. The van der Waals surface area contributed by atoms with E-state index >= 15 is 0 Å². The molecule has 1 aliphatic heterocycles. The van der Waals surface area contributed by atoms with Gasteiger partial charge in [0.1, 0.15) is 0 Å². The van der Waals surface area contributed by atoms with E-state index in [0.29, 0.717) is 29.5 Å². The number of urea groups is 1. The third kappa shape index (κ3) is 4.85. The topological polar surface area (TPSA) is 62.8 Å². The van der Waals surface area contributed by atoms with Crippen LogP contribution in [0.1, 0.15) is 18.5 Å². The van der Waals surface area contributed by atoms with Gasteiger partial charge in [0, 0.05) is 18.1 Å². The highest BCUT2D eigenvalue weighted by Crippen LogP contribution is 2.30. The van der Waals surface area contributed by atoms with E-state index in [2.05, 4.69) is 15.5 Å². The maximum atomic E-state index is 13.9. The van der Waals surface area contributed by atoms with E-state index in [4.69, 9.17) is 21.1 Å². The van der Waals surface area contributed by atoms with E-state index in [1.807, 2.05) is 6.07 Å². The smallest absolute Gasteiger partial charge is 0.319 e. The molecular formula is C20H23ClFN3O3. The summed E-state index contributed by atoms with van der Waals surface area (Å²) in [6.45, 7) is 4.52. The van der Waals surface area contributed by atoms with Crippen molar-refractivity contribution in [2.75, 3.05) is 43.6 Å². The minimum Gasteiger partial charge on any atom is -0.494 e. The highest BCUT2D eigenvalue weighted by Gasteiger charge is 2.18. The lowest BCUT2D eigenvalue weighted by Crippen LogP contribution is -2.37. The number of amides is 2. The maximum absolute atomic E-state index is 13.9. The number of carbonyl (C=O) groups is 1. The van der Waals surface area contributed by atoms with Gasteiger partial charge in [-0.15, -0.1) is 0 Å². The summed E-state index contributed by atoms with van der Waals surface area (Å²) in [5.74, 6) is -0.312. The third-order valence-corrected chi connectivity index (χ3v) is 4.82. The van der Waals surface area contributed by atoms with Gasteiger partial charge in [-0.25, -0.2) is 9.18 Å². The molecule has 150 valence electrons. The van der Waals surface area contributed by atoms with Crippen LogP contribution in [-0.2, 0) is 4.74 Å². The highest BCUT2D eigenvalue weighted by atomic mass is 35.5. The van der Waals surface area contributed by atoms with Crippen LogP contribution in [0.15, 0.2) is 36.4 Å². The van der Waals surface area contributed by atoms with Crippen LogP contribution in [0.25, 0.3) is 0 Å². The van der Waals surface area contributed by atoms with Gasteiger partial charge in [-0.2, -0.15) is 0 Å².